The summed E-state index contributed by atoms with van der Waals surface area (Å²) in [6.45, 7) is 5.45. The van der Waals surface area contributed by atoms with Crippen molar-refractivity contribution in [2.75, 3.05) is 27.1 Å². The van der Waals surface area contributed by atoms with Crippen LogP contribution in [0.15, 0.2) is 52.7 Å². The van der Waals surface area contributed by atoms with Crippen molar-refractivity contribution in [1.29, 1.82) is 5.26 Å². The minimum Gasteiger partial charge on any atom is -0.493 e. The van der Waals surface area contributed by atoms with Crippen molar-refractivity contribution in [3.05, 3.63) is 58.3 Å². The zero-order chi connectivity index (χ0) is 20.0. The minimum atomic E-state index is -0.573. The number of benzene rings is 1. The summed E-state index contributed by atoms with van der Waals surface area (Å²) in [6, 6.07) is 7.60. The predicted octanol–water partition coefficient (Wildman–Crippen LogP) is 3.49. The number of methoxy groups -OCH3 is 2. The van der Waals surface area contributed by atoms with Crippen LogP contribution in [0, 0.1) is 11.3 Å². The molecule has 1 heterocycles. The molecule has 1 aromatic rings. The molecule has 1 atom stereocenters. The molecule has 0 bridgehead atoms. The van der Waals surface area contributed by atoms with Crippen LogP contribution in [-0.4, -0.2) is 33.1 Å². The van der Waals surface area contributed by atoms with Gasteiger partial charge in [-0.3, -0.25) is 0 Å². The molecular weight excluding hydrogens is 364 g/mol. The summed E-state index contributed by atoms with van der Waals surface area (Å²) in [6.07, 6.45) is 3.38. The largest absolute Gasteiger partial charge is 0.493 e. The molecule has 2 rings (SSSR count). The number of carbonyl (C=O) groups excluding carboxylic acids is 1. The van der Waals surface area contributed by atoms with E-state index in [1.807, 2.05) is 12.3 Å². The summed E-state index contributed by atoms with van der Waals surface area (Å²) in [4.78, 5) is 12.7. The van der Waals surface area contributed by atoms with E-state index in [0.29, 0.717) is 33.4 Å². The normalized spacial score (nSPS) is 16.3. The number of nitriles is 1. The van der Waals surface area contributed by atoms with Crippen LogP contribution in [0.1, 0.15) is 18.4 Å². The quantitative estimate of drug-likeness (QED) is 0.567. The maximum atomic E-state index is 12.7. The third kappa shape index (κ3) is 4.12. The van der Waals surface area contributed by atoms with Gasteiger partial charge in [-0.1, -0.05) is 18.7 Å². The summed E-state index contributed by atoms with van der Waals surface area (Å²) in [7, 11) is 3.09. The molecule has 1 unspecified atom stereocenters. The Morgan fingerprint density at radius 2 is 2.07 bits per heavy atom. The van der Waals surface area contributed by atoms with Gasteiger partial charge in [0.15, 0.2) is 11.5 Å². The highest BCUT2D eigenvalue weighted by molar-refractivity contribution is 8.02. The van der Waals surface area contributed by atoms with Crippen molar-refractivity contribution in [3.63, 3.8) is 0 Å². The lowest BCUT2D eigenvalue weighted by Gasteiger charge is -2.29. The number of carbonyl (C=O) groups is 1. The summed E-state index contributed by atoms with van der Waals surface area (Å²) in [5, 5.41) is 13.7. The van der Waals surface area contributed by atoms with Crippen LogP contribution in [0.5, 0.6) is 11.5 Å². The molecule has 27 heavy (non-hydrogen) atoms. The Bertz CT molecular complexity index is 852. The highest BCUT2D eigenvalue weighted by Gasteiger charge is 2.35. The van der Waals surface area contributed by atoms with E-state index in [9.17, 15) is 10.1 Å². The molecule has 7 heteroatoms. The number of nitrogens with zero attached hydrogens (tertiary/aromatic N) is 1. The Labute approximate surface area is 163 Å². The first kappa shape index (κ1) is 20.5. The first-order chi connectivity index (χ1) is 13.0. The molecule has 0 fully saturated rings. The van der Waals surface area contributed by atoms with Gasteiger partial charge in [0.25, 0.3) is 0 Å². The van der Waals surface area contributed by atoms with Crippen molar-refractivity contribution < 1.29 is 19.0 Å². The fourth-order valence-electron chi connectivity index (χ4n) is 2.92. The smallest absolute Gasteiger partial charge is 0.337 e. The van der Waals surface area contributed by atoms with Crippen molar-refractivity contribution >= 4 is 17.7 Å². The second kappa shape index (κ2) is 9.19. The molecule has 1 N–H and O–H groups in total. The predicted molar refractivity (Wildman–Crippen MR) is 105 cm³/mol. The summed E-state index contributed by atoms with van der Waals surface area (Å²) >= 11 is 1.42. The average Bonchev–Trinajstić information content (AvgIpc) is 2.70. The standard InChI is InChI=1S/C20H22N2O4S/c1-6-9-26-20(23)17-12(2)22-19(27-5)14(11-21)18(17)13-7-8-15(24-3)16(10-13)25-4/h6-8,10,18,22H,1,9H2,2-5H3. The van der Waals surface area contributed by atoms with Crippen molar-refractivity contribution in [1.82, 2.24) is 5.32 Å². The van der Waals surface area contributed by atoms with Crippen molar-refractivity contribution in [2.24, 2.45) is 0 Å². The van der Waals surface area contributed by atoms with Crippen LogP contribution in [0.2, 0.25) is 0 Å². The van der Waals surface area contributed by atoms with Gasteiger partial charge in [-0.15, -0.1) is 11.8 Å². The number of allylic oxidation sites excluding steroid dienone is 2. The molecule has 0 radical (unpaired) electrons. The molecule has 0 amide bonds. The maximum absolute atomic E-state index is 12.7. The Balaban J connectivity index is 2.65. The lowest BCUT2D eigenvalue weighted by atomic mass is 9.82. The van der Waals surface area contributed by atoms with Crippen molar-refractivity contribution in [2.45, 2.75) is 12.8 Å². The maximum Gasteiger partial charge on any atom is 0.337 e. The zero-order valence-electron chi connectivity index (χ0n) is 15.8. The number of hydrogen-bond donors (Lipinski definition) is 1. The molecule has 1 aliphatic rings. The molecular formula is C20H22N2O4S. The monoisotopic (exact) mass is 386 g/mol. The van der Waals surface area contributed by atoms with Crippen LogP contribution >= 0.6 is 11.8 Å². The zero-order valence-corrected chi connectivity index (χ0v) is 16.6. The highest BCUT2D eigenvalue weighted by Crippen LogP contribution is 2.42. The van der Waals surface area contributed by atoms with Crippen LogP contribution in [0.3, 0.4) is 0 Å². The molecule has 0 saturated heterocycles. The number of thioether (sulfide) groups is 1. The molecule has 0 spiro atoms. The fourth-order valence-corrected chi connectivity index (χ4v) is 3.56. The van der Waals surface area contributed by atoms with E-state index in [4.69, 9.17) is 14.2 Å². The van der Waals surface area contributed by atoms with Gasteiger partial charge in [0, 0.05) is 5.70 Å². The second-order valence-electron chi connectivity index (χ2n) is 5.66. The van der Waals surface area contributed by atoms with Gasteiger partial charge in [0.1, 0.15) is 6.61 Å². The number of nitrogens with one attached hydrogen (secondary N) is 1. The van der Waals surface area contributed by atoms with Crippen LogP contribution < -0.4 is 14.8 Å². The van der Waals surface area contributed by atoms with E-state index in [2.05, 4.69) is 18.0 Å². The van der Waals surface area contributed by atoms with E-state index >= 15 is 0 Å². The topological polar surface area (TPSA) is 80.6 Å². The highest BCUT2D eigenvalue weighted by atomic mass is 32.2. The minimum absolute atomic E-state index is 0.0925. The van der Waals surface area contributed by atoms with Gasteiger partial charge in [-0.2, -0.15) is 5.26 Å². The second-order valence-corrected chi connectivity index (χ2v) is 6.47. The number of rotatable bonds is 7. The van der Waals surface area contributed by atoms with Crippen LogP contribution in [0.25, 0.3) is 0 Å². The number of hydrogen-bond acceptors (Lipinski definition) is 7. The first-order valence-corrected chi connectivity index (χ1v) is 9.40. The van der Waals surface area contributed by atoms with E-state index in [1.54, 1.807) is 33.3 Å². The van der Waals surface area contributed by atoms with Gasteiger partial charge in [-0.25, -0.2) is 4.79 Å². The third-order valence-corrected chi connectivity index (χ3v) is 4.87. The molecule has 0 aromatic heterocycles. The van der Waals surface area contributed by atoms with Gasteiger partial charge < -0.3 is 19.5 Å². The Kier molecular flexibility index (Phi) is 6.97. The van der Waals surface area contributed by atoms with E-state index < -0.39 is 11.9 Å². The molecule has 1 aromatic carbocycles. The SMILES string of the molecule is C=CCOC(=O)C1=C(C)NC(SC)=C(C#N)C1c1ccc(OC)c(OC)c1. The van der Waals surface area contributed by atoms with E-state index in [-0.39, 0.29) is 6.61 Å². The lowest BCUT2D eigenvalue weighted by Crippen LogP contribution is -2.28. The lowest BCUT2D eigenvalue weighted by molar-refractivity contribution is -0.138. The van der Waals surface area contributed by atoms with E-state index in [1.165, 1.54) is 17.8 Å². The van der Waals surface area contributed by atoms with E-state index in [0.717, 1.165) is 5.56 Å². The first-order valence-electron chi connectivity index (χ1n) is 8.18. The van der Waals surface area contributed by atoms with Crippen LogP contribution in [0.4, 0.5) is 0 Å². The summed E-state index contributed by atoms with van der Waals surface area (Å²) in [5.41, 5.74) is 2.22. The number of dihydropyridines is 1. The molecule has 6 nitrogen and oxygen atoms in total. The van der Waals surface area contributed by atoms with Gasteiger partial charge in [0.2, 0.25) is 0 Å². The van der Waals surface area contributed by atoms with Gasteiger partial charge >= 0.3 is 5.97 Å². The summed E-state index contributed by atoms with van der Waals surface area (Å²) in [5.74, 6) is 0.0237. The Morgan fingerprint density at radius 1 is 1.37 bits per heavy atom. The molecule has 0 saturated carbocycles. The Hall–Kier alpha value is -2.85. The van der Waals surface area contributed by atoms with Crippen molar-refractivity contribution in [3.8, 4) is 17.6 Å². The molecule has 0 aliphatic carbocycles. The molecule has 1 aliphatic heterocycles. The number of esters is 1. The molecule has 142 valence electrons. The van der Waals surface area contributed by atoms with Gasteiger partial charge in [-0.05, 0) is 30.9 Å². The third-order valence-electron chi connectivity index (χ3n) is 4.14. The Morgan fingerprint density at radius 3 is 2.63 bits per heavy atom. The van der Waals surface area contributed by atoms with Gasteiger partial charge in [0.05, 0.1) is 42.4 Å². The average molecular weight is 386 g/mol. The summed E-state index contributed by atoms with van der Waals surface area (Å²) < 4.78 is 15.9. The van der Waals surface area contributed by atoms with Crippen LogP contribution in [-0.2, 0) is 9.53 Å². The number of ether oxygens (including phenoxy) is 3. The fraction of sp³-hybridized carbons (Fsp3) is 0.300.